The first-order chi connectivity index (χ1) is 3.77. The molecule has 0 spiro atoms. The summed E-state index contributed by atoms with van der Waals surface area (Å²) >= 11 is 0. The Labute approximate surface area is 52.3 Å². The molecule has 0 aromatic carbocycles. The van der Waals surface area contributed by atoms with E-state index in [0.29, 0.717) is 5.41 Å². The molecule has 0 aliphatic heterocycles. The van der Waals surface area contributed by atoms with Crippen LogP contribution in [-0.4, -0.2) is 0 Å². The SMILES string of the molecule is [CH2]C1(CC)CCCC1. The normalized spacial score (nSPS) is 26.2. The fraction of sp³-hybridized carbons (Fsp3) is 0.875. The predicted octanol–water partition coefficient (Wildman–Crippen LogP) is 2.79. The van der Waals surface area contributed by atoms with Crippen LogP contribution in [0.4, 0.5) is 0 Å². The molecule has 1 aliphatic carbocycles. The van der Waals surface area contributed by atoms with Gasteiger partial charge in [-0.15, -0.1) is 0 Å². The zero-order valence-electron chi connectivity index (χ0n) is 5.74. The molecule has 0 N–H and O–H groups in total. The third-order valence-corrected chi connectivity index (χ3v) is 2.41. The van der Waals surface area contributed by atoms with Gasteiger partial charge in [0.15, 0.2) is 0 Å². The molecule has 0 saturated heterocycles. The average Bonchev–Trinajstić information content (AvgIpc) is 2.17. The van der Waals surface area contributed by atoms with E-state index in [1.54, 1.807) is 0 Å². The van der Waals surface area contributed by atoms with Crippen molar-refractivity contribution >= 4 is 0 Å². The van der Waals surface area contributed by atoms with Crippen LogP contribution in [0, 0.1) is 12.3 Å². The van der Waals surface area contributed by atoms with E-state index in [1.165, 1.54) is 32.1 Å². The van der Waals surface area contributed by atoms with Crippen molar-refractivity contribution in [2.45, 2.75) is 39.0 Å². The molecular weight excluding hydrogens is 96.1 g/mol. The van der Waals surface area contributed by atoms with E-state index in [1.807, 2.05) is 0 Å². The Morgan fingerprint density at radius 3 is 2.12 bits per heavy atom. The molecular formula is C8H15. The Bertz CT molecular complexity index is 68.1. The fourth-order valence-corrected chi connectivity index (χ4v) is 1.48. The number of hydrogen-bond acceptors (Lipinski definition) is 0. The van der Waals surface area contributed by atoms with Crippen molar-refractivity contribution in [1.29, 1.82) is 0 Å². The molecule has 0 aromatic rings. The van der Waals surface area contributed by atoms with Crippen molar-refractivity contribution in [3.8, 4) is 0 Å². The van der Waals surface area contributed by atoms with Crippen LogP contribution < -0.4 is 0 Å². The van der Waals surface area contributed by atoms with E-state index >= 15 is 0 Å². The van der Waals surface area contributed by atoms with Gasteiger partial charge in [-0.25, -0.2) is 0 Å². The summed E-state index contributed by atoms with van der Waals surface area (Å²) in [5, 5.41) is 0. The molecule has 8 heavy (non-hydrogen) atoms. The van der Waals surface area contributed by atoms with Crippen LogP contribution in [0.1, 0.15) is 39.0 Å². The van der Waals surface area contributed by atoms with Crippen molar-refractivity contribution in [3.05, 3.63) is 6.92 Å². The zero-order valence-corrected chi connectivity index (χ0v) is 5.74. The number of rotatable bonds is 1. The standard InChI is InChI=1S/C8H15/c1-3-8(2)6-4-5-7-8/h2-7H2,1H3. The lowest BCUT2D eigenvalue weighted by atomic mass is 9.86. The Kier molecular flexibility index (Phi) is 1.59. The third kappa shape index (κ3) is 1.04. The summed E-state index contributed by atoms with van der Waals surface area (Å²) < 4.78 is 0. The minimum absolute atomic E-state index is 0.486. The smallest absolute Gasteiger partial charge is 0.0300 e. The molecule has 1 aliphatic rings. The quantitative estimate of drug-likeness (QED) is 0.488. The van der Waals surface area contributed by atoms with Crippen LogP contribution in [0.3, 0.4) is 0 Å². The van der Waals surface area contributed by atoms with Gasteiger partial charge in [-0.2, -0.15) is 0 Å². The largest absolute Gasteiger partial charge is 0.0649 e. The topological polar surface area (TPSA) is 0 Å². The third-order valence-electron chi connectivity index (χ3n) is 2.41. The van der Waals surface area contributed by atoms with Crippen molar-refractivity contribution in [2.24, 2.45) is 5.41 Å². The highest BCUT2D eigenvalue weighted by Gasteiger charge is 2.25. The predicted molar refractivity (Wildman–Crippen MR) is 36.5 cm³/mol. The zero-order chi connectivity index (χ0) is 6.04. The van der Waals surface area contributed by atoms with Crippen molar-refractivity contribution in [1.82, 2.24) is 0 Å². The van der Waals surface area contributed by atoms with Crippen LogP contribution in [0.5, 0.6) is 0 Å². The van der Waals surface area contributed by atoms with Gasteiger partial charge < -0.3 is 0 Å². The van der Waals surface area contributed by atoms with Gasteiger partial charge in [0.1, 0.15) is 0 Å². The molecule has 0 amide bonds. The molecule has 1 saturated carbocycles. The van der Waals surface area contributed by atoms with Crippen molar-refractivity contribution in [2.75, 3.05) is 0 Å². The summed E-state index contributed by atoms with van der Waals surface area (Å²) in [6.45, 7) is 6.44. The van der Waals surface area contributed by atoms with Crippen LogP contribution in [0.15, 0.2) is 0 Å². The molecule has 0 heterocycles. The van der Waals surface area contributed by atoms with Crippen molar-refractivity contribution in [3.63, 3.8) is 0 Å². The molecule has 0 heteroatoms. The molecule has 0 aromatic heterocycles. The Morgan fingerprint density at radius 1 is 1.38 bits per heavy atom. The summed E-state index contributed by atoms with van der Waals surface area (Å²) in [6.07, 6.45) is 6.83. The minimum Gasteiger partial charge on any atom is -0.0649 e. The monoisotopic (exact) mass is 111 g/mol. The summed E-state index contributed by atoms with van der Waals surface area (Å²) in [6, 6.07) is 0. The molecule has 0 nitrogen and oxygen atoms in total. The molecule has 1 fully saturated rings. The maximum absolute atomic E-state index is 4.19. The lowest BCUT2D eigenvalue weighted by Crippen LogP contribution is -2.07. The van der Waals surface area contributed by atoms with Gasteiger partial charge in [0, 0.05) is 0 Å². The highest BCUT2D eigenvalue weighted by atomic mass is 14.3. The first-order valence-corrected chi connectivity index (χ1v) is 3.62. The first kappa shape index (κ1) is 6.12. The molecule has 0 atom stereocenters. The molecule has 0 bridgehead atoms. The second-order valence-corrected chi connectivity index (χ2v) is 3.06. The molecule has 1 rings (SSSR count). The maximum Gasteiger partial charge on any atom is -0.0300 e. The molecule has 47 valence electrons. The Morgan fingerprint density at radius 2 is 1.88 bits per heavy atom. The van der Waals surface area contributed by atoms with Crippen LogP contribution in [-0.2, 0) is 0 Å². The Hall–Kier alpha value is 0. The average molecular weight is 111 g/mol. The minimum atomic E-state index is 0.486. The highest BCUT2D eigenvalue weighted by Crippen LogP contribution is 2.39. The lowest BCUT2D eigenvalue weighted by molar-refractivity contribution is 0.376. The van der Waals surface area contributed by atoms with Gasteiger partial charge in [-0.1, -0.05) is 26.2 Å². The van der Waals surface area contributed by atoms with E-state index < -0.39 is 0 Å². The van der Waals surface area contributed by atoms with Gasteiger partial charge in [-0.3, -0.25) is 0 Å². The van der Waals surface area contributed by atoms with Crippen LogP contribution >= 0.6 is 0 Å². The van der Waals surface area contributed by atoms with Gasteiger partial charge in [-0.05, 0) is 25.2 Å². The summed E-state index contributed by atoms with van der Waals surface area (Å²) in [5.74, 6) is 0. The Balaban J connectivity index is 2.40. The van der Waals surface area contributed by atoms with E-state index in [-0.39, 0.29) is 0 Å². The summed E-state index contributed by atoms with van der Waals surface area (Å²) in [5.41, 5.74) is 0.486. The lowest BCUT2D eigenvalue weighted by Gasteiger charge is -2.19. The van der Waals surface area contributed by atoms with Crippen molar-refractivity contribution < 1.29 is 0 Å². The van der Waals surface area contributed by atoms with Gasteiger partial charge in [0.2, 0.25) is 0 Å². The first-order valence-electron chi connectivity index (χ1n) is 3.62. The summed E-state index contributed by atoms with van der Waals surface area (Å²) in [4.78, 5) is 0. The van der Waals surface area contributed by atoms with Gasteiger partial charge >= 0.3 is 0 Å². The molecule has 0 unspecified atom stereocenters. The second-order valence-electron chi connectivity index (χ2n) is 3.06. The maximum atomic E-state index is 4.19. The van der Waals surface area contributed by atoms with E-state index in [0.717, 1.165) is 0 Å². The van der Waals surface area contributed by atoms with Crippen LogP contribution in [0.2, 0.25) is 0 Å². The fourth-order valence-electron chi connectivity index (χ4n) is 1.48. The summed E-state index contributed by atoms with van der Waals surface area (Å²) in [7, 11) is 0. The van der Waals surface area contributed by atoms with Gasteiger partial charge in [0.25, 0.3) is 0 Å². The van der Waals surface area contributed by atoms with Gasteiger partial charge in [0.05, 0.1) is 0 Å². The van der Waals surface area contributed by atoms with E-state index in [4.69, 9.17) is 0 Å². The van der Waals surface area contributed by atoms with E-state index in [9.17, 15) is 0 Å². The van der Waals surface area contributed by atoms with Crippen LogP contribution in [0.25, 0.3) is 0 Å². The molecule has 1 radical (unpaired) electrons. The van der Waals surface area contributed by atoms with E-state index in [2.05, 4.69) is 13.8 Å². The second kappa shape index (κ2) is 2.08. The number of hydrogen-bond donors (Lipinski definition) is 0. The highest BCUT2D eigenvalue weighted by molar-refractivity contribution is 4.84.